The minimum atomic E-state index is 0.0328. The molecule has 1 N–H and O–H groups in total. The molecule has 0 aliphatic carbocycles. The minimum Gasteiger partial charge on any atom is -0.353 e. The Morgan fingerprint density at radius 2 is 2.27 bits per heavy atom. The van der Waals surface area contributed by atoms with Gasteiger partial charge >= 0.3 is 0 Å². The molecule has 4 rings (SSSR count). The van der Waals surface area contributed by atoms with Gasteiger partial charge in [0.25, 0.3) is 0 Å². The molecular formula is C17H21N7OS. The third-order valence-electron chi connectivity index (χ3n) is 4.58. The van der Waals surface area contributed by atoms with Crippen molar-refractivity contribution in [1.29, 1.82) is 0 Å². The van der Waals surface area contributed by atoms with Crippen LogP contribution >= 0.6 is 11.3 Å². The highest BCUT2D eigenvalue weighted by molar-refractivity contribution is 7.09. The molecule has 0 saturated carbocycles. The second-order valence-corrected chi connectivity index (χ2v) is 7.68. The van der Waals surface area contributed by atoms with E-state index in [-0.39, 0.29) is 11.9 Å². The average molecular weight is 371 g/mol. The molecule has 1 aliphatic heterocycles. The first-order valence-electron chi connectivity index (χ1n) is 8.70. The van der Waals surface area contributed by atoms with Gasteiger partial charge in [-0.2, -0.15) is 5.10 Å². The van der Waals surface area contributed by atoms with Crippen molar-refractivity contribution in [2.45, 2.75) is 45.2 Å². The highest BCUT2D eigenvalue weighted by Crippen LogP contribution is 2.22. The van der Waals surface area contributed by atoms with Gasteiger partial charge in [0.2, 0.25) is 5.91 Å². The Morgan fingerprint density at radius 3 is 3.00 bits per heavy atom. The summed E-state index contributed by atoms with van der Waals surface area (Å²) in [6.45, 7) is 2.74. The molecule has 1 aliphatic rings. The molecule has 0 radical (unpaired) electrons. The number of aromatic nitrogens is 6. The van der Waals surface area contributed by atoms with Crippen LogP contribution in [-0.4, -0.2) is 41.5 Å². The fraction of sp³-hybridized carbons (Fsp3) is 0.471. The summed E-state index contributed by atoms with van der Waals surface area (Å²) >= 11 is 1.57. The van der Waals surface area contributed by atoms with Gasteiger partial charge in [-0.1, -0.05) is 0 Å². The number of fused-ring (bicyclic) bond motifs is 1. The summed E-state index contributed by atoms with van der Waals surface area (Å²) in [6.07, 6.45) is 6.61. The maximum absolute atomic E-state index is 12.3. The van der Waals surface area contributed by atoms with Crippen LogP contribution in [0.5, 0.6) is 0 Å². The molecule has 0 bridgehead atoms. The summed E-state index contributed by atoms with van der Waals surface area (Å²) in [7, 11) is 1.89. The predicted octanol–water partition coefficient (Wildman–Crippen LogP) is 1.51. The lowest BCUT2D eigenvalue weighted by Crippen LogP contribution is -2.36. The Hall–Kier alpha value is -2.55. The van der Waals surface area contributed by atoms with E-state index in [1.807, 2.05) is 25.5 Å². The summed E-state index contributed by atoms with van der Waals surface area (Å²) in [5, 5.41) is 19.0. The minimum absolute atomic E-state index is 0.0328. The van der Waals surface area contributed by atoms with E-state index in [2.05, 4.69) is 30.2 Å². The van der Waals surface area contributed by atoms with E-state index in [9.17, 15) is 4.79 Å². The van der Waals surface area contributed by atoms with Crippen molar-refractivity contribution in [2.24, 2.45) is 7.05 Å². The molecule has 26 heavy (non-hydrogen) atoms. The Morgan fingerprint density at radius 1 is 1.38 bits per heavy atom. The second-order valence-electron chi connectivity index (χ2n) is 6.62. The van der Waals surface area contributed by atoms with Crippen molar-refractivity contribution >= 4 is 17.2 Å². The Balaban J connectivity index is 1.40. The van der Waals surface area contributed by atoms with Gasteiger partial charge in [-0.25, -0.2) is 4.98 Å². The molecule has 0 fully saturated rings. The molecule has 4 heterocycles. The SMILES string of the molecule is Cc1nc(CC(=O)NC2CCc3nnc(-c4cnn(C)c4)n3CC2)cs1. The van der Waals surface area contributed by atoms with Gasteiger partial charge in [0.1, 0.15) is 5.82 Å². The standard InChI is InChI=1S/C17H21N7OS/c1-11-19-14(10-26-11)7-16(25)20-13-3-4-15-21-22-17(24(15)6-5-13)12-8-18-23(2)9-12/h8-10,13H,3-7H2,1-2H3,(H,20,25). The zero-order chi connectivity index (χ0) is 18.1. The number of thiazole rings is 1. The maximum Gasteiger partial charge on any atom is 0.226 e. The van der Waals surface area contributed by atoms with Gasteiger partial charge in [-0.05, 0) is 19.8 Å². The molecule has 8 nitrogen and oxygen atoms in total. The van der Waals surface area contributed by atoms with E-state index in [1.54, 1.807) is 22.2 Å². The van der Waals surface area contributed by atoms with Crippen molar-refractivity contribution in [2.75, 3.05) is 0 Å². The van der Waals surface area contributed by atoms with Crippen molar-refractivity contribution in [3.8, 4) is 11.4 Å². The molecule has 1 amide bonds. The van der Waals surface area contributed by atoms with Crippen LogP contribution in [0.15, 0.2) is 17.8 Å². The monoisotopic (exact) mass is 371 g/mol. The van der Waals surface area contributed by atoms with Crippen LogP contribution in [0.3, 0.4) is 0 Å². The number of rotatable bonds is 4. The fourth-order valence-electron chi connectivity index (χ4n) is 3.32. The highest BCUT2D eigenvalue weighted by atomic mass is 32.1. The molecule has 136 valence electrons. The molecular weight excluding hydrogens is 350 g/mol. The summed E-state index contributed by atoms with van der Waals surface area (Å²) in [5.41, 5.74) is 1.81. The zero-order valence-corrected chi connectivity index (χ0v) is 15.7. The van der Waals surface area contributed by atoms with Crippen LogP contribution < -0.4 is 5.32 Å². The normalized spacial score (nSPS) is 16.9. The van der Waals surface area contributed by atoms with Crippen LogP contribution in [0.25, 0.3) is 11.4 Å². The highest BCUT2D eigenvalue weighted by Gasteiger charge is 2.22. The molecule has 9 heteroatoms. The lowest BCUT2D eigenvalue weighted by molar-refractivity contribution is -0.121. The van der Waals surface area contributed by atoms with Gasteiger partial charge in [0.15, 0.2) is 5.82 Å². The van der Waals surface area contributed by atoms with Crippen molar-refractivity contribution in [3.05, 3.63) is 34.3 Å². The number of hydrogen-bond donors (Lipinski definition) is 1. The van der Waals surface area contributed by atoms with Crippen LogP contribution in [0.1, 0.15) is 29.4 Å². The van der Waals surface area contributed by atoms with Crippen molar-refractivity contribution in [1.82, 2.24) is 34.8 Å². The van der Waals surface area contributed by atoms with Crippen LogP contribution in [-0.2, 0) is 31.2 Å². The smallest absolute Gasteiger partial charge is 0.226 e. The largest absolute Gasteiger partial charge is 0.353 e. The zero-order valence-electron chi connectivity index (χ0n) is 14.8. The van der Waals surface area contributed by atoms with E-state index in [0.717, 1.165) is 53.7 Å². The summed E-state index contributed by atoms with van der Waals surface area (Å²) in [5.74, 6) is 1.85. The number of carbonyl (C=O) groups excluding carboxylic acids is 1. The van der Waals surface area contributed by atoms with Crippen LogP contribution in [0.4, 0.5) is 0 Å². The van der Waals surface area contributed by atoms with Crippen molar-refractivity contribution in [3.63, 3.8) is 0 Å². The van der Waals surface area contributed by atoms with Gasteiger partial charge < -0.3 is 9.88 Å². The van der Waals surface area contributed by atoms with E-state index in [0.29, 0.717) is 6.42 Å². The Labute approximate surface area is 155 Å². The number of nitrogens with zero attached hydrogens (tertiary/aromatic N) is 6. The fourth-order valence-corrected chi connectivity index (χ4v) is 3.93. The molecule has 0 aromatic carbocycles. The van der Waals surface area contributed by atoms with E-state index in [1.165, 1.54) is 0 Å². The summed E-state index contributed by atoms with van der Waals surface area (Å²) < 4.78 is 3.91. The third kappa shape index (κ3) is 3.52. The summed E-state index contributed by atoms with van der Waals surface area (Å²) in [4.78, 5) is 16.7. The first-order chi connectivity index (χ1) is 12.6. The molecule has 3 aromatic heterocycles. The molecule has 1 unspecified atom stereocenters. The Kier molecular flexibility index (Phi) is 4.54. The molecule has 0 spiro atoms. The van der Waals surface area contributed by atoms with Crippen molar-refractivity contribution < 1.29 is 4.79 Å². The number of aryl methyl sites for hydroxylation is 3. The van der Waals surface area contributed by atoms with E-state index >= 15 is 0 Å². The molecule has 0 saturated heterocycles. The Bertz CT molecular complexity index is 925. The first kappa shape index (κ1) is 16.9. The van der Waals surface area contributed by atoms with Gasteiger partial charge in [0, 0.05) is 37.6 Å². The lowest BCUT2D eigenvalue weighted by atomic mass is 10.1. The topological polar surface area (TPSA) is 90.5 Å². The van der Waals surface area contributed by atoms with Gasteiger partial charge in [-0.3, -0.25) is 9.48 Å². The predicted molar refractivity (Wildman–Crippen MR) is 97.6 cm³/mol. The van der Waals surface area contributed by atoms with Crippen LogP contribution in [0.2, 0.25) is 0 Å². The average Bonchev–Trinajstić information content (AvgIpc) is 3.28. The van der Waals surface area contributed by atoms with E-state index in [4.69, 9.17) is 0 Å². The van der Waals surface area contributed by atoms with Crippen LogP contribution in [0, 0.1) is 6.92 Å². The van der Waals surface area contributed by atoms with Gasteiger partial charge in [0.05, 0.1) is 28.9 Å². The number of hydrogen-bond acceptors (Lipinski definition) is 6. The second kappa shape index (κ2) is 6.99. The number of carbonyl (C=O) groups is 1. The third-order valence-corrected chi connectivity index (χ3v) is 5.40. The quantitative estimate of drug-likeness (QED) is 0.751. The summed E-state index contributed by atoms with van der Waals surface area (Å²) in [6, 6.07) is 0.144. The molecule has 3 aromatic rings. The van der Waals surface area contributed by atoms with E-state index < -0.39 is 0 Å². The first-order valence-corrected chi connectivity index (χ1v) is 9.58. The number of amides is 1. The molecule has 1 atom stereocenters. The lowest BCUT2D eigenvalue weighted by Gasteiger charge is -2.15. The van der Waals surface area contributed by atoms with Gasteiger partial charge in [-0.15, -0.1) is 21.5 Å². The number of nitrogens with one attached hydrogen (secondary N) is 1. The maximum atomic E-state index is 12.3.